The monoisotopic (exact) mass is 418 g/mol. The Bertz CT molecular complexity index is 837. The van der Waals surface area contributed by atoms with E-state index in [0.717, 1.165) is 11.1 Å². The first-order valence-corrected chi connectivity index (χ1v) is 8.99. The number of nitrogens with two attached hydrogens (primary N) is 1. The molecule has 2 rings (SSSR count). The van der Waals surface area contributed by atoms with E-state index in [4.69, 9.17) is 27.5 Å². The Balaban J connectivity index is 0.000000447. The summed E-state index contributed by atoms with van der Waals surface area (Å²) in [6.07, 6.45) is 1.78. The second kappa shape index (κ2) is 11.6. The Kier molecular flexibility index (Phi) is 9.58. The molecule has 2 aromatic carbocycles. The second-order valence-electron chi connectivity index (χ2n) is 6.26. The summed E-state index contributed by atoms with van der Waals surface area (Å²) >= 11 is 5.92. The summed E-state index contributed by atoms with van der Waals surface area (Å²) in [5.74, 6) is -2.69. The zero-order valence-corrected chi connectivity index (χ0v) is 16.6. The van der Waals surface area contributed by atoms with E-state index in [9.17, 15) is 14.4 Å². The number of carbonyl (C=O) groups is 3. The minimum absolute atomic E-state index is 0.0248. The normalized spacial score (nSPS) is 12.4. The van der Waals surface area contributed by atoms with Gasteiger partial charge in [-0.3, -0.25) is 4.79 Å². The molecule has 0 radical (unpaired) electrons. The van der Waals surface area contributed by atoms with E-state index in [1.54, 1.807) is 0 Å². The highest BCUT2D eigenvalue weighted by Gasteiger charge is 2.28. The van der Waals surface area contributed by atoms with Crippen LogP contribution in [-0.4, -0.2) is 34.6 Å². The number of aliphatic carboxylic acids is 2. The summed E-state index contributed by atoms with van der Waals surface area (Å²) in [7, 11) is 0. The predicted molar refractivity (Wildman–Crippen MR) is 111 cm³/mol. The lowest BCUT2D eigenvalue weighted by Crippen LogP contribution is -2.47. The van der Waals surface area contributed by atoms with Gasteiger partial charge in [0.2, 0.25) is 5.91 Å². The quantitative estimate of drug-likeness (QED) is 0.511. The number of rotatable bonds is 7. The van der Waals surface area contributed by atoms with Gasteiger partial charge in [0.1, 0.15) is 0 Å². The third-order valence-corrected chi connectivity index (χ3v) is 4.10. The number of benzene rings is 2. The van der Waals surface area contributed by atoms with Crippen molar-refractivity contribution in [3.8, 4) is 0 Å². The fraction of sp³-hybridized carbons (Fsp3) is 0.190. The van der Waals surface area contributed by atoms with Crippen molar-refractivity contribution in [2.24, 2.45) is 5.73 Å². The first kappa shape index (κ1) is 23.9. The number of carboxylic acids is 2. The van der Waals surface area contributed by atoms with E-state index in [-0.39, 0.29) is 12.5 Å². The van der Waals surface area contributed by atoms with Crippen LogP contribution in [0.2, 0.25) is 5.02 Å². The van der Waals surface area contributed by atoms with Crippen molar-refractivity contribution in [1.29, 1.82) is 0 Å². The first-order valence-electron chi connectivity index (χ1n) is 8.61. The number of hydrogen-bond donors (Lipinski definition) is 4. The third-order valence-electron chi connectivity index (χ3n) is 3.85. The molecule has 2 aromatic rings. The van der Waals surface area contributed by atoms with Gasteiger partial charge < -0.3 is 21.3 Å². The highest BCUT2D eigenvalue weighted by atomic mass is 35.5. The molecular weight excluding hydrogens is 396 g/mol. The van der Waals surface area contributed by atoms with Crippen LogP contribution in [0.3, 0.4) is 0 Å². The van der Waals surface area contributed by atoms with E-state index in [2.05, 4.69) is 5.32 Å². The third kappa shape index (κ3) is 9.05. The summed E-state index contributed by atoms with van der Waals surface area (Å²) in [5.41, 5.74) is 7.08. The molecule has 1 atom stereocenters. The zero-order chi connectivity index (χ0) is 21.9. The maximum atomic E-state index is 11.8. The lowest BCUT2D eigenvalue weighted by atomic mass is 9.85. The minimum atomic E-state index is -1.26. The molecule has 0 aliphatic rings. The van der Waals surface area contributed by atoms with Crippen LogP contribution in [0.25, 0.3) is 0 Å². The van der Waals surface area contributed by atoms with Crippen molar-refractivity contribution in [3.63, 3.8) is 0 Å². The topological polar surface area (TPSA) is 130 Å². The van der Waals surface area contributed by atoms with Gasteiger partial charge in [-0.1, -0.05) is 54.1 Å². The number of nitrogens with one attached hydrogen (secondary N) is 1. The van der Waals surface area contributed by atoms with Crippen LogP contribution in [0.1, 0.15) is 18.1 Å². The maximum Gasteiger partial charge on any atom is 0.328 e. The molecule has 1 amide bonds. The number of carboxylic acid groups (broad SMARTS) is 2. The van der Waals surface area contributed by atoms with Gasteiger partial charge >= 0.3 is 11.9 Å². The van der Waals surface area contributed by atoms with Crippen LogP contribution in [0, 0.1) is 0 Å². The number of halogens is 1. The molecule has 0 saturated heterocycles. The summed E-state index contributed by atoms with van der Waals surface area (Å²) in [4.78, 5) is 30.9. The SMILES string of the molecule is CC(Cc1ccc(Cl)cc1)(NC(=O)CN)c1ccccc1.O=C(O)C=CC(=O)O. The number of carbonyl (C=O) groups excluding carboxylic acids is 1. The van der Waals surface area contributed by atoms with Crippen molar-refractivity contribution in [2.75, 3.05) is 6.54 Å². The van der Waals surface area contributed by atoms with Crippen molar-refractivity contribution < 1.29 is 24.6 Å². The molecule has 7 nitrogen and oxygen atoms in total. The van der Waals surface area contributed by atoms with E-state index in [1.807, 2.05) is 61.5 Å². The average Bonchev–Trinajstić information content (AvgIpc) is 2.69. The minimum Gasteiger partial charge on any atom is -0.478 e. The maximum absolute atomic E-state index is 11.8. The molecule has 8 heteroatoms. The van der Waals surface area contributed by atoms with Gasteiger partial charge in [-0.2, -0.15) is 0 Å². The Hall–Kier alpha value is -3.16. The smallest absolute Gasteiger partial charge is 0.328 e. The molecule has 0 saturated carbocycles. The molecule has 0 bridgehead atoms. The van der Waals surface area contributed by atoms with Crippen LogP contribution in [0.4, 0.5) is 0 Å². The van der Waals surface area contributed by atoms with Crippen LogP contribution < -0.4 is 11.1 Å². The highest BCUT2D eigenvalue weighted by Crippen LogP contribution is 2.26. The van der Waals surface area contributed by atoms with Gasteiger partial charge in [0, 0.05) is 17.2 Å². The molecule has 0 spiro atoms. The van der Waals surface area contributed by atoms with Gasteiger partial charge in [0.15, 0.2) is 0 Å². The van der Waals surface area contributed by atoms with Crippen molar-refractivity contribution >= 4 is 29.4 Å². The molecule has 0 aliphatic carbocycles. The van der Waals surface area contributed by atoms with Crippen LogP contribution in [0.5, 0.6) is 0 Å². The largest absolute Gasteiger partial charge is 0.478 e. The average molecular weight is 419 g/mol. The molecule has 1 unspecified atom stereocenters. The lowest BCUT2D eigenvalue weighted by molar-refractivity contribution is -0.134. The first-order chi connectivity index (χ1) is 13.7. The Morgan fingerprint density at radius 1 is 1.00 bits per heavy atom. The summed E-state index contributed by atoms with van der Waals surface area (Å²) in [5, 5.41) is 19.4. The van der Waals surface area contributed by atoms with Crippen molar-refractivity contribution in [2.45, 2.75) is 18.9 Å². The molecule has 5 N–H and O–H groups in total. The van der Waals surface area contributed by atoms with Gasteiger partial charge in [-0.15, -0.1) is 0 Å². The van der Waals surface area contributed by atoms with Gasteiger partial charge in [-0.05, 0) is 36.6 Å². The predicted octanol–water partition coefficient (Wildman–Crippen LogP) is 2.58. The van der Waals surface area contributed by atoms with Crippen LogP contribution >= 0.6 is 11.6 Å². The highest BCUT2D eigenvalue weighted by molar-refractivity contribution is 6.30. The molecule has 0 aromatic heterocycles. The molecule has 154 valence electrons. The van der Waals surface area contributed by atoms with Crippen LogP contribution in [0.15, 0.2) is 66.7 Å². The van der Waals surface area contributed by atoms with Crippen LogP contribution in [-0.2, 0) is 26.3 Å². The number of hydrogen-bond acceptors (Lipinski definition) is 4. The molecule has 0 heterocycles. The molecule has 0 fully saturated rings. The second-order valence-corrected chi connectivity index (χ2v) is 6.70. The van der Waals surface area contributed by atoms with Gasteiger partial charge in [0.05, 0.1) is 12.1 Å². The van der Waals surface area contributed by atoms with Crippen molar-refractivity contribution in [3.05, 3.63) is 82.9 Å². The number of amides is 1. The molecular formula is C21H23ClN2O5. The van der Waals surface area contributed by atoms with Gasteiger partial charge in [0.25, 0.3) is 0 Å². The summed E-state index contributed by atoms with van der Waals surface area (Å²) < 4.78 is 0. The van der Waals surface area contributed by atoms with E-state index < -0.39 is 17.5 Å². The fourth-order valence-corrected chi connectivity index (χ4v) is 2.66. The summed E-state index contributed by atoms with van der Waals surface area (Å²) in [6, 6.07) is 17.5. The van der Waals surface area contributed by atoms with Gasteiger partial charge in [-0.25, -0.2) is 9.59 Å². The van der Waals surface area contributed by atoms with Crippen molar-refractivity contribution in [1.82, 2.24) is 5.32 Å². The fourth-order valence-electron chi connectivity index (χ4n) is 2.54. The zero-order valence-electron chi connectivity index (χ0n) is 15.8. The standard InChI is InChI=1S/C17H19ClN2O.C4H4O4/c1-17(20-16(21)12-19,14-5-3-2-4-6-14)11-13-7-9-15(18)10-8-13;5-3(6)1-2-4(7)8/h2-10H,11-12,19H2,1H3,(H,20,21);1-2H,(H,5,6)(H,7,8). The molecule has 29 heavy (non-hydrogen) atoms. The Labute approximate surface area is 173 Å². The Morgan fingerprint density at radius 3 is 1.97 bits per heavy atom. The summed E-state index contributed by atoms with van der Waals surface area (Å²) in [6.45, 7) is 1.98. The van der Waals surface area contributed by atoms with E-state index in [1.165, 1.54) is 0 Å². The molecule has 0 aliphatic heterocycles. The Morgan fingerprint density at radius 2 is 1.52 bits per heavy atom. The van der Waals surface area contributed by atoms with E-state index in [0.29, 0.717) is 23.6 Å². The lowest BCUT2D eigenvalue weighted by Gasteiger charge is -2.31. The van der Waals surface area contributed by atoms with E-state index >= 15 is 0 Å².